The minimum absolute atomic E-state index is 0.0241. The summed E-state index contributed by atoms with van der Waals surface area (Å²) >= 11 is 0. The van der Waals surface area contributed by atoms with Gasteiger partial charge in [-0.1, -0.05) is 6.92 Å². The molecule has 0 saturated carbocycles. The number of rotatable bonds is 6. The highest BCUT2D eigenvalue weighted by Crippen LogP contribution is 2.37. The van der Waals surface area contributed by atoms with Crippen LogP contribution in [-0.2, 0) is 33.7 Å². The molecule has 156 valence electrons. The number of fused-ring (bicyclic) bond motifs is 1. The Labute approximate surface area is 170 Å². The van der Waals surface area contributed by atoms with E-state index in [2.05, 4.69) is 10.3 Å². The van der Waals surface area contributed by atoms with E-state index in [9.17, 15) is 9.59 Å². The lowest BCUT2D eigenvalue weighted by molar-refractivity contribution is -0.139. The summed E-state index contributed by atoms with van der Waals surface area (Å²) in [6.45, 7) is 5.07. The lowest BCUT2D eigenvalue weighted by Gasteiger charge is -2.36. The number of allylic oxidation sites excluding steroid dienone is 1. The molecule has 1 saturated heterocycles. The zero-order chi connectivity index (χ0) is 20.3. The van der Waals surface area contributed by atoms with Crippen molar-refractivity contribution in [3.63, 3.8) is 0 Å². The first-order valence-electron chi connectivity index (χ1n) is 10.5. The number of amides is 1. The second-order valence-corrected chi connectivity index (χ2v) is 7.94. The van der Waals surface area contributed by atoms with Crippen molar-refractivity contribution in [3.8, 4) is 0 Å². The number of hydrogen-bond donors (Lipinski definition) is 1. The second-order valence-electron chi connectivity index (χ2n) is 7.94. The van der Waals surface area contributed by atoms with E-state index in [0.717, 1.165) is 49.4 Å². The van der Waals surface area contributed by atoms with Crippen molar-refractivity contribution >= 4 is 18.1 Å². The number of hydrogen-bond acceptors (Lipinski definition) is 6. The maximum Gasteiger partial charge on any atom is 0.356 e. The normalized spacial score (nSPS) is 20.2. The van der Waals surface area contributed by atoms with Crippen molar-refractivity contribution in [2.75, 3.05) is 26.4 Å². The Bertz CT molecular complexity index is 849. The highest BCUT2D eigenvalue weighted by atomic mass is 16.5. The van der Waals surface area contributed by atoms with Crippen molar-refractivity contribution in [2.45, 2.75) is 52.0 Å². The minimum atomic E-state index is -0.382. The molecule has 1 aromatic rings. The topological polar surface area (TPSA) is 94.8 Å². The maximum atomic E-state index is 12.8. The highest BCUT2D eigenvalue weighted by Gasteiger charge is 2.39. The van der Waals surface area contributed by atoms with Crippen molar-refractivity contribution in [2.24, 2.45) is 10.4 Å². The molecule has 29 heavy (non-hydrogen) atoms. The molecule has 0 aliphatic carbocycles. The van der Waals surface area contributed by atoms with Crippen molar-refractivity contribution in [1.29, 1.82) is 0 Å². The Morgan fingerprint density at radius 1 is 1.38 bits per heavy atom. The minimum Gasteiger partial charge on any atom is -0.461 e. The summed E-state index contributed by atoms with van der Waals surface area (Å²) < 4.78 is 12.8. The Balaban J connectivity index is 1.47. The Hall–Kier alpha value is -2.48. The number of nitrogens with zero attached hydrogens (tertiary/aromatic N) is 3. The zero-order valence-electron chi connectivity index (χ0n) is 16.9. The molecule has 4 rings (SSSR count). The van der Waals surface area contributed by atoms with Gasteiger partial charge in [0.25, 0.3) is 5.91 Å². The van der Waals surface area contributed by atoms with Gasteiger partial charge in [-0.25, -0.2) is 4.79 Å². The van der Waals surface area contributed by atoms with E-state index < -0.39 is 0 Å². The van der Waals surface area contributed by atoms with Crippen LogP contribution < -0.4 is 5.32 Å². The van der Waals surface area contributed by atoms with Crippen LogP contribution in [0.25, 0.3) is 0 Å². The number of esters is 1. The molecular weight excluding hydrogens is 372 g/mol. The fraction of sp³-hybridized carbons (Fsp3) is 0.619. The lowest BCUT2D eigenvalue weighted by Crippen LogP contribution is -2.40. The van der Waals surface area contributed by atoms with Gasteiger partial charge in [-0.2, -0.15) is 5.10 Å². The molecule has 8 nitrogen and oxygen atoms in total. The predicted octanol–water partition coefficient (Wildman–Crippen LogP) is 1.82. The van der Waals surface area contributed by atoms with Crippen LogP contribution in [0.4, 0.5) is 0 Å². The molecule has 1 aromatic heterocycles. The third-order valence-corrected chi connectivity index (χ3v) is 6.02. The van der Waals surface area contributed by atoms with Gasteiger partial charge in [-0.3, -0.25) is 14.5 Å². The highest BCUT2D eigenvalue weighted by molar-refractivity contribution is 5.97. The summed E-state index contributed by atoms with van der Waals surface area (Å²) in [5.41, 5.74) is 2.99. The van der Waals surface area contributed by atoms with Crippen LogP contribution in [0.5, 0.6) is 0 Å². The van der Waals surface area contributed by atoms with Gasteiger partial charge in [0.2, 0.25) is 0 Å². The molecule has 0 unspecified atom stereocenters. The van der Waals surface area contributed by atoms with Crippen molar-refractivity contribution in [1.82, 2.24) is 15.1 Å². The molecule has 0 aromatic carbocycles. The van der Waals surface area contributed by atoms with Crippen molar-refractivity contribution in [3.05, 3.63) is 28.7 Å². The lowest BCUT2D eigenvalue weighted by atomic mass is 9.76. The number of carbonyl (C=O) groups excluding carboxylic acids is 2. The number of aromatic nitrogens is 2. The monoisotopic (exact) mass is 400 g/mol. The molecule has 1 fully saturated rings. The van der Waals surface area contributed by atoms with E-state index in [1.165, 1.54) is 0 Å². The predicted molar refractivity (Wildman–Crippen MR) is 107 cm³/mol. The summed E-state index contributed by atoms with van der Waals surface area (Å²) in [5, 5.41) is 7.85. The number of nitrogens with one attached hydrogen (secondary N) is 1. The quantitative estimate of drug-likeness (QED) is 0.581. The molecule has 1 N–H and O–H groups in total. The van der Waals surface area contributed by atoms with Gasteiger partial charge in [-0.05, 0) is 37.2 Å². The van der Waals surface area contributed by atoms with E-state index in [1.807, 2.05) is 11.6 Å². The fourth-order valence-electron chi connectivity index (χ4n) is 4.31. The molecule has 0 radical (unpaired) electrons. The molecular formula is C21H28N4O4. The van der Waals surface area contributed by atoms with Gasteiger partial charge in [0, 0.05) is 45.4 Å². The third-order valence-electron chi connectivity index (χ3n) is 6.02. The summed E-state index contributed by atoms with van der Waals surface area (Å²) in [6, 6.07) is 0. The molecule has 1 amide bonds. The number of aliphatic imine (C=N–C) groups is 1. The number of carbonyl (C=O) groups is 2. The maximum absolute atomic E-state index is 12.8. The van der Waals surface area contributed by atoms with Gasteiger partial charge in [0.05, 0.1) is 23.6 Å². The van der Waals surface area contributed by atoms with Crippen LogP contribution in [0.2, 0.25) is 0 Å². The van der Waals surface area contributed by atoms with Gasteiger partial charge in [0.1, 0.15) is 5.70 Å². The Morgan fingerprint density at radius 3 is 2.93 bits per heavy atom. The third kappa shape index (κ3) is 4.12. The number of ether oxygens (including phenoxy) is 2. The Morgan fingerprint density at radius 2 is 2.21 bits per heavy atom. The summed E-state index contributed by atoms with van der Waals surface area (Å²) in [6.07, 6.45) is 8.17. The summed E-state index contributed by atoms with van der Waals surface area (Å²) in [4.78, 5) is 28.7. The van der Waals surface area contributed by atoms with Crippen LogP contribution in [0.15, 0.2) is 16.8 Å². The van der Waals surface area contributed by atoms with Crippen LogP contribution in [-0.4, -0.2) is 54.2 Å². The zero-order valence-corrected chi connectivity index (χ0v) is 16.9. The van der Waals surface area contributed by atoms with Crippen LogP contribution in [0.3, 0.4) is 0 Å². The molecule has 3 aliphatic rings. The van der Waals surface area contributed by atoms with Crippen molar-refractivity contribution < 1.29 is 19.1 Å². The van der Waals surface area contributed by atoms with E-state index in [4.69, 9.17) is 14.6 Å². The first-order chi connectivity index (χ1) is 14.1. The molecule has 3 aliphatic heterocycles. The summed E-state index contributed by atoms with van der Waals surface area (Å²) in [5.74, 6) is -0.406. The Kier molecular flexibility index (Phi) is 5.80. The average molecular weight is 400 g/mol. The van der Waals surface area contributed by atoms with Crippen LogP contribution in [0.1, 0.15) is 54.4 Å². The molecule has 0 bridgehead atoms. The SMILES string of the molecule is CCc1nn(CCCOC(=O)C2=CCC=N2)c2c1C(=O)NCC1(CCOCC1)C2. The van der Waals surface area contributed by atoms with Gasteiger partial charge in [0.15, 0.2) is 0 Å². The standard InChI is InChI=1S/C21H28N4O4/c1-2-15-18-17(13-21(14-23-19(18)26)6-11-28-12-7-21)25(24-15)9-4-10-29-20(27)16-5-3-8-22-16/h5,8H,2-4,6-7,9-14H2,1H3,(H,23,26). The van der Waals surface area contributed by atoms with E-state index >= 15 is 0 Å². The van der Waals surface area contributed by atoms with E-state index in [0.29, 0.717) is 44.7 Å². The second kappa shape index (κ2) is 8.49. The number of aryl methyl sites for hydroxylation is 2. The molecule has 0 atom stereocenters. The molecule has 4 heterocycles. The largest absolute Gasteiger partial charge is 0.461 e. The summed E-state index contributed by atoms with van der Waals surface area (Å²) in [7, 11) is 0. The van der Waals surface area contributed by atoms with Crippen LogP contribution in [0, 0.1) is 5.41 Å². The first kappa shape index (κ1) is 19.8. The van der Waals surface area contributed by atoms with Gasteiger partial charge in [-0.15, -0.1) is 0 Å². The first-order valence-corrected chi connectivity index (χ1v) is 10.5. The van der Waals surface area contributed by atoms with Gasteiger partial charge >= 0.3 is 5.97 Å². The molecule has 1 spiro atoms. The van der Waals surface area contributed by atoms with Gasteiger partial charge < -0.3 is 14.8 Å². The average Bonchev–Trinajstić information content (AvgIpc) is 3.36. The van der Waals surface area contributed by atoms with Crippen LogP contribution >= 0.6 is 0 Å². The smallest absolute Gasteiger partial charge is 0.356 e. The molecule has 8 heteroatoms. The fourth-order valence-corrected chi connectivity index (χ4v) is 4.31. The van der Waals surface area contributed by atoms with E-state index in [-0.39, 0.29) is 17.3 Å². The van der Waals surface area contributed by atoms with E-state index in [1.54, 1.807) is 12.3 Å².